The van der Waals surface area contributed by atoms with Gasteiger partial charge in [0.15, 0.2) is 5.17 Å². The summed E-state index contributed by atoms with van der Waals surface area (Å²) in [5.74, 6) is 1.50. The topological polar surface area (TPSA) is 59.9 Å². The van der Waals surface area contributed by atoms with Crippen molar-refractivity contribution in [2.75, 3.05) is 13.7 Å². The second-order valence-electron chi connectivity index (χ2n) is 5.43. The molecule has 5 nitrogen and oxygen atoms in total. The van der Waals surface area contributed by atoms with Crippen molar-refractivity contribution in [1.29, 1.82) is 0 Å². The Morgan fingerprint density at radius 2 is 1.85 bits per heavy atom. The maximum Gasteiger partial charge on any atom is 0.264 e. The van der Waals surface area contributed by atoms with Crippen LogP contribution >= 0.6 is 56.9 Å². The molecule has 0 unspecified atom stereocenters. The van der Waals surface area contributed by atoms with Crippen LogP contribution in [0.2, 0.25) is 0 Å². The van der Waals surface area contributed by atoms with Crippen molar-refractivity contribution >= 4 is 79.8 Å². The summed E-state index contributed by atoms with van der Waals surface area (Å²) in [4.78, 5) is 17.4. The molecule has 2 aromatic carbocycles. The maximum absolute atomic E-state index is 12.3. The van der Waals surface area contributed by atoms with E-state index >= 15 is 0 Å². The molecule has 1 aliphatic rings. The number of halogens is 2. The van der Waals surface area contributed by atoms with Gasteiger partial charge in [0.05, 0.1) is 31.4 Å². The molecule has 27 heavy (non-hydrogen) atoms. The lowest BCUT2D eigenvalue weighted by atomic mass is 10.2. The molecule has 0 spiro atoms. The van der Waals surface area contributed by atoms with Crippen LogP contribution in [0.15, 0.2) is 46.3 Å². The summed E-state index contributed by atoms with van der Waals surface area (Å²) >= 11 is 5.83. The predicted octanol–water partition coefficient (Wildman–Crippen LogP) is 5.19. The lowest BCUT2D eigenvalue weighted by Crippen LogP contribution is -2.19. The lowest BCUT2D eigenvalue weighted by Gasteiger charge is -2.09. The quantitative estimate of drug-likeness (QED) is 0.376. The minimum atomic E-state index is -0.147. The van der Waals surface area contributed by atoms with Gasteiger partial charge in [0, 0.05) is 0 Å². The van der Waals surface area contributed by atoms with Crippen molar-refractivity contribution in [2.45, 2.75) is 6.92 Å². The summed E-state index contributed by atoms with van der Waals surface area (Å²) < 4.78 is 12.8. The summed E-state index contributed by atoms with van der Waals surface area (Å²) in [5.41, 5.74) is 1.71. The summed E-state index contributed by atoms with van der Waals surface area (Å²) in [6.45, 7) is 2.58. The zero-order valence-corrected chi connectivity index (χ0v) is 19.7. The summed E-state index contributed by atoms with van der Waals surface area (Å²) in [7, 11) is 1.62. The summed E-state index contributed by atoms with van der Waals surface area (Å²) in [5, 5.41) is 3.37. The van der Waals surface area contributed by atoms with Gasteiger partial charge in [-0.25, -0.2) is 4.99 Å². The molecule has 3 rings (SSSR count). The average molecular weight is 606 g/mol. The van der Waals surface area contributed by atoms with E-state index in [1.807, 2.05) is 49.4 Å². The van der Waals surface area contributed by atoms with Gasteiger partial charge in [-0.2, -0.15) is 0 Å². The van der Waals surface area contributed by atoms with Gasteiger partial charge in [-0.3, -0.25) is 4.79 Å². The lowest BCUT2D eigenvalue weighted by molar-refractivity contribution is -0.115. The van der Waals surface area contributed by atoms with E-state index in [9.17, 15) is 4.79 Å². The van der Waals surface area contributed by atoms with Crippen LogP contribution in [-0.4, -0.2) is 24.8 Å². The number of carbonyl (C=O) groups excluding carboxylic acids is 1. The van der Waals surface area contributed by atoms with Crippen LogP contribution < -0.4 is 14.8 Å². The number of nitrogens with one attached hydrogen (secondary N) is 1. The first-order chi connectivity index (χ1) is 13.0. The van der Waals surface area contributed by atoms with Gasteiger partial charge in [0.2, 0.25) is 0 Å². The molecule has 8 heteroatoms. The fourth-order valence-electron chi connectivity index (χ4n) is 2.35. The predicted molar refractivity (Wildman–Crippen MR) is 127 cm³/mol. The van der Waals surface area contributed by atoms with E-state index in [1.165, 1.54) is 11.8 Å². The third kappa shape index (κ3) is 5.17. The molecule has 1 aliphatic heterocycles. The molecule has 140 valence electrons. The monoisotopic (exact) mass is 606 g/mol. The highest BCUT2D eigenvalue weighted by Gasteiger charge is 2.24. The Bertz CT molecular complexity index is 904. The van der Waals surface area contributed by atoms with Gasteiger partial charge in [-0.15, -0.1) is 0 Å². The van der Waals surface area contributed by atoms with Crippen LogP contribution in [0.25, 0.3) is 6.08 Å². The largest absolute Gasteiger partial charge is 0.497 e. The second-order valence-corrected chi connectivity index (χ2v) is 8.78. The van der Waals surface area contributed by atoms with E-state index in [4.69, 9.17) is 9.47 Å². The number of amidine groups is 1. The van der Waals surface area contributed by atoms with Crippen molar-refractivity contribution in [1.82, 2.24) is 5.32 Å². The number of benzene rings is 2. The Labute approximate surface area is 189 Å². The molecule has 0 radical (unpaired) electrons. The Morgan fingerprint density at radius 3 is 2.44 bits per heavy atom. The highest BCUT2D eigenvalue weighted by Crippen LogP contribution is 2.32. The first-order valence-electron chi connectivity index (χ1n) is 8.05. The fourth-order valence-corrected chi connectivity index (χ4v) is 5.32. The number of aliphatic imine (C=N–C) groups is 1. The van der Waals surface area contributed by atoms with Crippen molar-refractivity contribution in [2.24, 2.45) is 4.99 Å². The normalized spacial score (nSPS) is 16.7. The first kappa shape index (κ1) is 20.5. The smallest absolute Gasteiger partial charge is 0.264 e. The van der Waals surface area contributed by atoms with E-state index in [2.05, 4.69) is 55.5 Å². The van der Waals surface area contributed by atoms with Crippen LogP contribution in [0, 0.1) is 7.14 Å². The molecule has 1 amide bonds. The molecule has 2 aromatic rings. The van der Waals surface area contributed by atoms with Crippen LogP contribution in [0.5, 0.6) is 11.5 Å². The number of carbonyl (C=O) groups is 1. The second kappa shape index (κ2) is 9.28. The van der Waals surface area contributed by atoms with Crippen LogP contribution in [0.1, 0.15) is 12.5 Å². The van der Waals surface area contributed by atoms with E-state index in [1.54, 1.807) is 7.11 Å². The van der Waals surface area contributed by atoms with Crippen molar-refractivity contribution in [3.63, 3.8) is 0 Å². The van der Waals surface area contributed by atoms with Crippen molar-refractivity contribution in [3.05, 3.63) is 54.0 Å². The molecular weight excluding hydrogens is 590 g/mol. The molecule has 0 aliphatic carbocycles. The molecule has 1 fully saturated rings. The van der Waals surface area contributed by atoms with Gasteiger partial charge < -0.3 is 14.8 Å². The first-order valence-corrected chi connectivity index (χ1v) is 11.0. The zero-order valence-electron chi connectivity index (χ0n) is 14.6. The van der Waals surface area contributed by atoms with Gasteiger partial charge in [0.25, 0.3) is 5.91 Å². The number of hydrogen-bond acceptors (Lipinski definition) is 5. The van der Waals surface area contributed by atoms with Crippen molar-refractivity contribution in [3.8, 4) is 11.5 Å². The molecular formula is C19H16I2N2O3S. The van der Waals surface area contributed by atoms with Crippen LogP contribution in [0.3, 0.4) is 0 Å². The Morgan fingerprint density at radius 1 is 1.19 bits per heavy atom. The molecule has 0 atom stereocenters. The molecule has 0 aromatic heterocycles. The van der Waals surface area contributed by atoms with Gasteiger partial charge in [0.1, 0.15) is 11.5 Å². The number of amides is 1. The standard InChI is InChI=1S/C19H16I2N2O3S/c1-3-26-17-14(20)8-11(9-15(17)21)10-16-18(24)23-19(27-16)22-12-4-6-13(25-2)7-5-12/h4-10H,3H2,1-2H3,(H,22,23,24)/b16-10-. The van der Waals surface area contributed by atoms with Gasteiger partial charge in [-0.1, -0.05) is 0 Å². The third-order valence-electron chi connectivity index (χ3n) is 3.56. The number of methoxy groups -OCH3 is 1. The number of hydrogen-bond donors (Lipinski definition) is 1. The number of rotatable bonds is 5. The molecule has 0 bridgehead atoms. The highest BCUT2D eigenvalue weighted by atomic mass is 127. The Balaban J connectivity index is 1.81. The molecule has 1 saturated heterocycles. The van der Waals surface area contributed by atoms with Gasteiger partial charge in [-0.05, 0) is 112 Å². The number of ether oxygens (including phenoxy) is 2. The highest BCUT2D eigenvalue weighted by molar-refractivity contribution is 14.1. The third-order valence-corrected chi connectivity index (χ3v) is 6.07. The number of nitrogens with zero attached hydrogens (tertiary/aromatic N) is 1. The van der Waals surface area contributed by atoms with Crippen molar-refractivity contribution < 1.29 is 14.3 Å². The molecule has 0 saturated carbocycles. The van der Waals surface area contributed by atoms with Gasteiger partial charge >= 0.3 is 0 Å². The van der Waals surface area contributed by atoms with E-state index in [-0.39, 0.29) is 5.91 Å². The molecule has 1 heterocycles. The SMILES string of the molecule is CCOc1c(I)cc(/C=C2\SC(=Nc3ccc(OC)cc3)NC2=O)cc1I. The average Bonchev–Trinajstić information content (AvgIpc) is 2.98. The van der Waals surface area contributed by atoms with E-state index < -0.39 is 0 Å². The zero-order chi connectivity index (χ0) is 19.4. The molecule has 1 N–H and O–H groups in total. The number of thioether (sulfide) groups is 1. The minimum absolute atomic E-state index is 0.147. The fraction of sp³-hybridized carbons (Fsp3) is 0.158. The summed E-state index contributed by atoms with van der Waals surface area (Å²) in [6, 6.07) is 11.4. The van der Waals surface area contributed by atoms with Crippen LogP contribution in [0.4, 0.5) is 5.69 Å². The summed E-state index contributed by atoms with van der Waals surface area (Å²) in [6.07, 6.45) is 1.87. The Hall–Kier alpha value is -1.27. The van der Waals surface area contributed by atoms with E-state index in [0.29, 0.717) is 16.7 Å². The van der Waals surface area contributed by atoms with Crippen LogP contribution in [-0.2, 0) is 4.79 Å². The minimum Gasteiger partial charge on any atom is -0.497 e. The van der Waals surface area contributed by atoms with E-state index in [0.717, 1.165) is 29.9 Å². The maximum atomic E-state index is 12.3. The Kier molecular flexibility index (Phi) is 7.04.